The van der Waals surface area contributed by atoms with Crippen LogP contribution in [-0.2, 0) is 17.6 Å². The Morgan fingerprint density at radius 3 is 2.48 bits per heavy atom. The van der Waals surface area contributed by atoms with E-state index in [2.05, 4.69) is 21.2 Å². The number of rotatable bonds is 8. The largest absolute Gasteiger partial charge is 0.493 e. The number of amides is 1. The molecule has 6 nitrogen and oxygen atoms in total. The Kier molecular flexibility index (Phi) is 7.38. The standard InChI is InChI=1S/C24H26BrNO5/c1-14-5-6-17-15(2)18(24(28)31-20(17)11-14)7-8-23(27)26-10-9-16-12-21(29-3)22(30-4)13-19(16)25/h5-6,11-13H,7-10H2,1-4H3,(H,26,27). The third-order valence-corrected chi connectivity index (χ3v) is 6.05. The number of ether oxygens (including phenoxy) is 2. The molecule has 164 valence electrons. The molecule has 7 heteroatoms. The highest BCUT2D eigenvalue weighted by Gasteiger charge is 2.14. The van der Waals surface area contributed by atoms with Crippen molar-refractivity contribution < 1.29 is 18.7 Å². The summed E-state index contributed by atoms with van der Waals surface area (Å²) in [6, 6.07) is 9.53. The second kappa shape index (κ2) is 10.0. The summed E-state index contributed by atoms with van der Waals surface area (Å²) in [5.41, 5.74) is 3.65. The monoisotopic (exact) mass is 487 g/mol. The van der Waals surface area contributed by atoms with Crippen molar-refractivity contribution in [3.8, 4) is 11.5 Å². The molecule has 0 atom stereocenters. The molecule has 0 radical (unpaired) electrons. The highest BCUT2D eigenvalue weighted by atomic mass is 79.9. The van der Waals surface area contributed by atoms with Gasteiger partial charge in [-0.15, -0.1) is 0 Å². The molecular weight excluding hydrogens is 462 g/mol. The molecule has 0 unspecified atom stereocenters. The second-order valence-corrected chi connectivity index (χ2v) is 8.25. The molecule has 0 fully saturated rings. The van der Waals surface area contributed by atoms with Crippen LogP contribution in [0.25, 0.3) is 11.0 Å². The van der Waals surface area contributed by atoms with Crippen molar-refractivity contribution in [1.29, 1.82) is 0 Å². The third-order valence-electron chi connectivity index (χ3n) is 5.31. The number of benzene rings is 2. The van der Waals surface area contributed by atoms with Gasteiger partial charge in [0, 0.05) is 28.4 Å². The summed E-state index contributed by atoms with van der Waals surface area (Å²) in [6.45, 7) is 4.32. The van der Waals surface area contributed by atoms with Crippen LogP contribution in [0.5, 0.6) is 11.5 Å². The highest BCUT2D eigenvalue weighted by molar-refractivity contribution is 9.10. The van der Waals surface area contributed by atoms with E-state index in [1.54, 1.807) is 14.2 Å². The van der Waals surface area contributed by atoms with Crippen molar-refractivity contribution in [2.75, 3.05) is 20.8 Å². The van der Waals surface area contributed by atoms with Gasteiger partial charge in [-0.05, 0) is 61.6 Å². The molecule has 0 aliphatic carbocycles. The lowest BCUT2D eigenvalue weighted by molar-refractivity contribution is -0.121. The second-order valence-electron chi connectivity index (χ2n) is 7.39. The van der Waals surface area contributed by atoms with E-state index < -0.39 is 0 Å². The molecule has 0 saturated heterocycles. The first-order chi connectivity index (χ1) is 14.8. The fraction of sp³-hybridized carbons (Fsp3) is 0.333. The van der Waals surface area contributed by atoms with Crippen molar-refractivity contribution in [1.82, 2.24) is 5.32 Å². The summed E-state index contributed by atoms with van der Waals surface area (Å²) in [5.74, 6) is 1.17. The van der Waals surface area contributed by atoms with Crippen LogP contribution < -0.4 is 20.4 Å². The van der Waals surface area contributed by atoms with Crippen molar-refractivity contribution >= 4 is 32.8 Å². The van der Waals surface area contributed by atoms with E-state index in [4.69, 9.17) is 13.9 Å². The predicted molar refractivity (Wildman–Crippen MR) is 124 cm³/mol. The average molecular weight is 488 g/mol. The first kappa shape index (κ1) is 22.9. The van der Waals surface area contributed by atoms with Gasteiger partial charge in [-0.2, -0.15) is 0 Å². The highest BCUT2D eigenvalue weighted by Crippen LogP contribution is 2.33. The van der Waals surface area contributed by atoms with E-state index in [9.17, 15) is 9.59 Å². The van der Waals surface area contributed by atoms with E-state index in [0.29, 0.717) is 42.0 Å². The fourth-order valence-electron chi connectivity index (χ4n) is 3.54. The van der Waals surface area contributed by atoms with Crippen LogP contribution in [-0.4, -0.2) is 26.7 Å². The number of carbonyl (C=O) groups is 1. The van der Waals surface area contributed by atoms with Gasteiger partial charge < -0.3 is 19.2 Å². The van der Waals surface area contributed by atoms with Crippen molar-refractivity contribution in [3.05, 3.63) is 67.5 Å². The minimum absolute atomic E-state index is 0.112. The third kappa shape index (κ3) is 5.28. The Morgan fingerprint density at radius 1 is 1.06 bits per heavy atom. The first-order valence-corrected chi connectivity index (χ1v) is 10.8. The lowest BCUT2D eigenvalue weighted by Gasteiger charge is -2.12. The van der Waals surface area contributed by atoms with Crippen molar-refractivity contribution in [2.45, 2.75) is 33.1 Å². The Balaban J connectivity index is 1.60. The van der Waals surface area contributed by atoms with Crippen molar-refractivity contribution in [3.63, 3.8) is 0 Å². The molecule has 0 aliphatic heterocycles. The number of fused-ring (bicyclic) bond motifs is 1. The van der Waals surface area contributed by atoms with Gasteiger partial charge >= 0.3 is 5.63 Å². The van der Waals surface area contributed by atoms with Gasteiger partial charge in [0.2, 0.25) is 5.91 Å². The molecule has 0 aliphatic rings. The molecular formula is C24H26BrNO5. The van der Waals surface area contributed by atoms with Gasteiger partial charge in [0.05, 0.1) is 14.2 Å². The lowest BCUT2D eigenvalue weighted by Crippen LogP contribution is -2.26. The van der Waals surface area contributed by atoms with Crippen LogP contribution in [0.3, 0.4) is 0 Å². The zero-order valence-electron chi connectivity index (χ0n) is 18.1. The normalized spacial score (nSPS) is 10.9. The number of hydrogen-bond acceptors (Lipinski definition) is 5. The van der Waals surface area contributed by atoms with Crippen LogP contribution in [0.15, 0.2) is 44.0 Å². The summed E-state index contributed by atoms with van der Waals surface area (Å²) in [5, 5.41) is 3.82. The summed E-state index contributed by atoms with van der Waals surface area (Å²) < 4.78 is 17.0. The number of halogens is 1. The van der Waals surface area contributed by atoms with Crippen LogP contribution in [0.4, 0.5) is 0 Å². The first-order valence-electron chi connectivity index (χ1n) is 10.0. The van der Waals surface area contributed by atoms with Gasteiger partial charge in [0.25, 0.3) is 0 Å². The molecule has 1 aromatic heterocycles. The number of carbonyl (C=O) groups excluding carboxylic acids is 1. The van der Waals surface area contributed by atoms with Crippen LogP contribution in [0.2, 0.25) is 0 Å². The lowest BCUT2D eigenvalue weighted by atomic mass is 10.0. The maximum atomic E-state index is 12.4. The average Bonchev–Trinajstić information content (AvgIpc) is 2.74. The summed E-state index contributed by atoms with van der Waals surface area (Å²) in [4.78, 5) is 24.7. The van der Waals surface area contributed by atoms with Crippen LogP contribution >= 0.6 is 15.9 Å². The van der Waals surface area contributed by atoms with E-state index in [1.165, 1.54) is 0 Å². The maximum Gasteiger partial charge on any atom is 0.339 e. The minimum atomic E-state index is -0.377. The van der Waals surface area contributed by atoms with Gasteiger partial charge in [-0.25, -0.2) is 4.79 Å². The van der Waals surface area contributed by atoms with Crippen LogP contribution in [0, 0.1) is 13.8 Å². The van der Waals surface area contributed by atoms with E-state index in [-0.39, 0.29) is 18.0 Å². The molecule has 2 aromatic carbocycles. The van der Waals surface area contributed by atoms with Gasteiger partial charge in [0.1, 0.15) is 5.58 Å². The van der Waals surface area contributed by atoms with E-state index in [1.807, 2.05) is 44.2 Å². The molecule has 1 amide bonds. The Labute approximate surface area is 189 Å². The molecule has 1 N–H and O–H groups in total. The van der Waals surface area contributed by atoms with Crippen molar-refractivity contribution in [2.24, 2.45) is 0 Å². The number of nitrogens with one attached hydrogen (secondary N) is 1. The van der Waals surface area contributed by atoms with E-state index >= 15 is 0 Å². The molecule has 0 spiro atoms. The minimum Gasteiger partial charge on any atom is -0.493 e. The predicted octanol–water partition coefficient (Wildman–Crippen LogP) is 4.48. The molecule has 0 saturated carbocycles. The zero-order chi connectivity index (χ0) is 22.5. The number of methoxy groups -OCH3 is 2. The fourth-order valence-corrected chi connectivity index (χ4v) is 4.06. The molecule has 3 rings (SSSR count). The zero-order valence-corrected chi connectivity index (χ0v) is 19.7. The summed E-state index contributed by atoms with van der Waals surface area (Å²) >= 11 is 3.53. The van der Waals surface area contributed by atoms with Gasteiger partial charge in [-0.1, -0.05) is 28.1 Å². The van der Waals surface area contributed by atoms with E-state index in [0.717, 1.165) is 26.5 Å². The van der Waals surface area contributed by atoms with Gasteiger partial charge in [0.15, 0.2) is 11.5 Å². The summed E-state index contributed by atoms with van der Waals surface area (Å²) in [7, 11) is 3.17. The molecule has 1 heterocycles. The quantitative estimate of drug-likeness (QED) is 0.473. The number of aryl methyl sites for hydroxylation is 2. The molecule has 0 bridgehead atoms. The van der Waals surface area contributed by atoms with Gasteiger partial charge in [-0.3, -0.25) is 4.79 Å². The molecule has 3 aromatic rings. The number of hydrogen-bond donors (Lipinski definition) is 1. The summed E-state index contributed by atoms with van der Waals surface area (Å²) in [6.07, 6.45) is 1.18. The Bertz CT molecular complexity index is 1170. The Morgan fingerprint density at radius 2 is 1.77 bits per heavy atom. The molecule has 31 heavy (non-hydrogen) atoms. The maximum absolute atomic E-state index is 12.4. The Hall–Kier alpha value is -2.80. The smallest absolute Gasteiger partial charge is 0.339 e. The topological polar surface area (TPSA) is 77.8 Å². The van der Waals surface area contributed by atoms with Crippen LogP contribution in [0.1, 0.15) is 28.7 Å². The SMILES string of the molecule is COc1cc(Br)c(CCNC(=O)CCc2c(C)c3ccc(C)cc3oc2=O)cc1OC.